The number of pyridine rings is 1. The number of carbonyl (C=O) groups excluding carboxylic acids is 1. The maximum Gasteiger partial charge on any atom is 0.248 e. The van der Waals surface area contributed by atoms with Gasteiger partial charge in [0.1, 0.15) is 0 Å². The highest BCUT2D eigenvalue weighted by Crippen LogP contribution is 2.02. The SMILES string of the molecule is CCCc1cc(C(N)=O)ccn1. The molecule has 0 saturated carbocycles. The van der Waals surface area contributed by atoms with Crippen LogP contribution in [0.5, 0.6) is 0 Å². The summed E-state index contributed by atoms with van der Waals surface area (Å²) in [6.07, 6.45) is 3.53. The van der Waals surface area contributed by atoms with Crippen LogP contribution in [-0.4, -0.2) is 10.9 Å². The van der Waals surface area contributed by atoms with Crippen molar-refractivity contribution in [3.8, 4) is 0 Å². The molecule has 1 rings (SSSR count). The van der Waals surface area contributed by atoms with Crippen molar-refractivity contribution in [3.05, 3.63) is 29.6 Å². The molecular weight excluding hydrogens is 152 g/mol. The molecule has 0 radical (unpaired) electrons. The van der Waals surface area contributed by atoms with Gasteiger partial charge in [0.05, 0.1) is 0 Å². The number of aromatic nitrogens is 1. The summed E-state index contributed by atoms with van der Waals surface area (Å²) in [6, 6.07) is 3.37. The fourth-order valence-electron chi connectivity index (χ4n) is 1.02. The lowest BCUT2D eigenvalue weighted by atomic mass is 10.1. The Bertz CT molecular complexity index is 284. The molecule has 0 aliphatic rings. The van der Waals surface area contributed by atoms with Crippen LogP contribution in [0, 0.1) is 0 Å². The van der Waals surface area contributed by atoms with Gasteiger partial charge in [-0.15, -0.1) is 0 Å². The van der Waals surface area contributed by atoms with Crippen LogP contribution in [0.25, 0.3) is 0 Å². The third-order valence-corrected chi connectivity index (χ3v) is 1.61. The number of rotatable bonds is 3. The van der Waals surface area contributed by atoms with Gasteiger partial charge in [-0.1, -0.05) is 13.3 Å². The molecule has 1 heterocycles. The van der Waals surface area contributed by atoms with Crippen LogP contribution in [-0.2, 0) is 6.42 Å². The van der Waals surface area contributed by atoms with Crippen LogP contribution < -0.4 is 5.73 Å². The van der Waals surface area contributed by atoms with E-state index in [9.17, 15) is 4.79 Å². The number of hydrogen-bond acceptors (Lipinski definition) is 2. The predicted molar refractivity (Wildman–Crippen MR) is 46.7 cm³/mol. The van der Waals surface area contributed by atoms with Gasteiger partial charge < -0.3 is 5.73 Å². The van der Waals surface area contributed by atoms with Crippen molar-refractivity contribution < 1.29 is 4.79 Å². The molecule has 0 unspecified atom stereocenters. The zero-order valence-electron chi connectivity index (χ0n) is 7.08. The van der Waals surface area contributed by atoms with Crippen LogP contribution >= 0.6 is 0 Å². The zero-order valence-corrected chi connectivity index (χ0v) is 7.08. The van der Waals surface area contributed by atoms with Crippen molar-refractivity contribution in [3.63, 3.8) is 0 Å². The van der Waals surface area contributed by atoms with E-state index in [1.54, 1.807) is 18.3 Å². The molecule has 0 bridgehead atoms. The minimum atomic E-state index is -0.394. The number of amides is 1. The van der Waals surface area contributed by atoms with Crippen molar-refractivity contribution in [2.75, 3.05) is 0 Å². The summed E-state index contributed by atoms with van der Waals surface area (Å²) in [4.78, 5) is 14.9. The van der Waals surface area contributed by atoms with Gasteiger partial charge >= 0.3 is 0 Å². The molecule has 0 fully saturated rings. The van der Waals surface area contributed by atoms with Crippen molar-refractivity contribution in [2.24, 2.45) is 5.73 Å². The molecule has 1 aromatic rings. The van der Waals surface area contributed by atoms with E-state index in [-0.39, 0.29) is 0 Å². The van der Waals surface area contributed by atoms with Crippen molar-refractivity contribution in [1.82, 2.24) is 4.98 Å². The van der Waals surface area contributed by atoms with Crippen LogP contribution in [0.15, 0.2) is 18.3 Å². The normalized spacial score (nSPS) is 9.75. The van der Waals surface area contributed by atoms with Crippen LogP contribution in [0.3, 0.4) is 0 Å². The minimum absolute atomic E-state index is 0.394. The van der Waals surface area contributed by atoms with Crippen LogP contribution in [0.4, 0.5) is 0 Å². The summed E-state index contributed by atoms with van der Waals surface area (Å²) in [5.74, 6) is -0.394. The molecule has 12 heavy (non-hydrogen) atoms. The Labute approximate surface area is 71.6 Å². The van der Waals surface area contributed by atoms with Crippen molar-refractivity contribution in [2.45, 2.75) is 19.8 Å². The van der Waals surface area contributed by atoms with Gasteiger partial charge in [0, 0.05) is 17.5 Å². The number of nitrogens with two attached hydrogens (primary N) is 1. The number of carbonyl (C=O) groups is 1. The fraction of sp³-hybridized carbons (Fsp3) is 0.333. The molecule has 3 heteroatoms. The molecule has 0 aromatic carbocycles. The first-order valence-corrected chi connectivity index (χ1v) is 3.98. The Hall–Kier alpha value is -1.38. The summed E-state index contributed by atoms with van der Waals surface area (Å²) in [6.45, 7) is 2.07. The standard InChI is InChI=1S/C9H12N2O/c1-2-3-8-6-7(9(10)12)4-5-11-8/h4-6H,2-3H2,1H3,(H2,10,12). The molecule has 0 aliphatic carbocycles. The lowest BCUT2D eigenvalue weighted by Gasteiger charge is -1.98. The van der Waals surface area contributed by atoms with Gasteiger partial charge in [0.2, 0.25) is 5.91 Å². The number of nitrogens with zero attached hydrogens (tertiary/aromatic N) is 1. The van der Waals surface area contributed by atoms with Crippen LogP contribution in [0.2, 0.25) is 0 Å². The van der Waals surface area contributed by atoms with Crippen molar-refractivity contribution in [1.29, 1.82) is 0 Å². The fourth-order valence-corrected chi connectivity index (χ4v) is 1.02. The third kappa shape index (κ3) is 2.05. The summed E-state index contributed by atoms with van der Waals surface area (Å²) in [5, 5.41) is 0. The highest BCUT2D eigenvalue weighted by atomic mass is 16.1. The first kappa shape index (κ1) is 8.71. The van der Waals surface area contributed by atoms with E-state index in [1.807, 2.05) is 0 Å². The van der Waals surface area contributed by atoms with E-state index >= 15 is 0 Å². The summed E-state index contributed by atoms with van der Waals surface area (Å²) >= 11 is 0. The second kappa shape index (κ2) is 3.85. The quantitative estimate of drug-likeness (QED) is 0.728. The first-order valence-electron chi connectivity index (χ1n) is 3.98. The summed E-state index contributed by atoms with van der Waals surface area (Å²) < 4.78 is 0. The monoisotopic (exact) mass is 164 g/mol. The van der Waals surface area contributed by atoms with E-state index in [0.717, 1.165) is 18.5 Å². The Morgan fingerprint density at radius 2 is 2.42 bits per heavy atom. The first-order chi connectivity index (χ1) is 5.74. The maximum absolute atomic E-state index is 10.8. The average Bonchev–Trinajstić information content (AvgIpc) is 2.05. The number of hydrogen-bond donors (Lipinski definition) is 1. The smallest absolute Gasteiger partial charge is 0.248 e. The molecule has 0 saturated heterocycles. The Morgan fingerprint density at radius 1 is 1.67 bits per heavy atom. The van der Waals surface area contributed by atoms with Gasteiger partial charge in [-0.05, 0) is 18.6 Å². The lowest BCUT2D eigenvalue weighted by Crippen LogP contribution is -2.11. The molecule has 3 nitrogen and oxygen atoms in total. The Balaban J connectivity index is 2.88. The van der Waals surface area contributed by atoms with Crippen molar-refractivity contribution >= 4 is 5.91 Å². The molecule has 2 N–H and O–H groups in total. The van der Waals surface area contributed by atoms with E-state index in [0.29, 0.717) is 5.56 Å². The van der Waals surface area contributed by atoms with E-state index in [4.69, 9.17) is 5.73 Å². The summed E-state index contributed by atoms with van der Waals surface area (Å²) in [7, 11) is 0. The number of primary amides is 1. The predicted octanol–water partition coefficient (Wildman–Crippen LogP) is 1.13. The maximum atomic E-state index is 10.8. The lowest BCUT2D eigenvalue weighted by molar-refractivity contribution is 0.1000. The molecule has 0 atom stereocenters. The average molecular weight is 164 g/mol. The molecule has 0 aliphatic heterocycles. The minimum Gasteiger partial charge on any atom is -0.366 e. The Kier molecular flexibility index (Phi) is 2.80. The molecule has 1 aromatic heterocycles. The molecule has 1 amide bonds. The second-order valence-electron chi connectivity index (χ2n) is 2.65. The topological polar surface area (TPSA) is 56.0 Å². The molecule has 64 valence electrons. The van der Waals surface area contributed by atoms with E-state index in [2.05, 4.69) is 11.9 Å². The zero-order chi connectivity index (χ0) is 8.97. The number of aryl methyl sites for hydroxylation is 1. The molecular formula is C9H12N2O. The van der Waals surface area contributed by atoms with Gasteiger partial charge in [0.15, 0.2) is 0 Å². The third-order valence-electron chi connectivity index (χ3n) is 1.61. The van der Waals surface area contributed by atoms with Crippen LogP contribution in [0.1, 0.15) is 29.4 Å². The van der Waals surface area contributed by atoms with Gasteiger partial charge in [-0.3, -0.25) is 9.78 Å². The largest absolute Gasteiger partial charge is 0.366 e. The van der Waals surface area contributed by atoms with Gasteiger partial charge in [-0.25, -0.2) is 0 Å². The van der Waals surface area contributed by atoms with Gasteiger partial charge in [-0.2, -0.15) is 0 Å². The molecule has 0 spiro atoms. The summed E-state index contributed by atoms with van der Waals surface area (Å²) in [5.41, 5.74) is 6.57. The van der Waals surface area contributed by atoms with E-state index in [1.165, 1.54) is 0 Å². The second-order valence-corrected chi connectivity index (χ2v) is 2.65. The van der Waals surface area contributed by atoms with E-state index < -0.39 is 5.91 Å². The Morgan fingerprint density at radius 3 is 3.00 bits per heavy atom. The van der Waals surface area contributed by atoms with Gasteiger partial charge in [0.25, 0.3) is 0 Å². The highest BCUT2D eigenvalue weighted by molar-refractivity contribution is 5.92. The highest BCUT2D eigenvalue weighted by Gasteiger charge is 2.00.